The van der Waals surface area contributed by atoms with Gasteiger partial charge >= 0.3 is 0 Å². The molecule has 0 bridgehead atoms. The molecule has 0 atom stereocenters. The maximum atomic E-state index is 5.33. The van der Waals surface area contributed by atoms with Gasteiger partial charge in [-0.2, -0.15) is 0 Å². The van der Waals surface area contributed by atoms with Gasteiger partial charge in [0.1, 0.15) is 0 Å². The Balaban J connectivity index is 2.87. The Labute approximate surface area is 59.6 Å². The van der Waals surface area contributed by atoms with E-state index in [0.29, 0.717) is 11.7 Å². The molecule has 0 spiro atoms. The van der Waals surface area contributed by atoms with Crippen LogP contribution in [0.2, 0.25) is 0 Å². The van der Waals surface area contributed by atoms with Crippen molar-refractivity contribution in [3.63, 3.8) is 0 Å². The summed E-state index contributed by atoms with van der Waals surface area (Å²) in [5.41, 5.74) is 5.33. The Hall–Kier alpha value is -1.38. The lowest BCUT2D eigenvalue weighted by Gasteiger charge is -1.90. The van der Waals surface area contributed by atoms with Crippen LogP contribution in [0.15, 0.2) is 29.4 Å². The van der Waals surface area contributed by atoms with Crippen molar-refractivity contribution in [2.75, 3.05) is 0 Å². The van der Waals surface area contributed by atoms with Gasteiger partial charge in [-0.3, -0.25) is 0 Å². The second-order valence-corrected chi connectivity index (χ2v) is 1.94. The fourth-order valence-electron chi connectivity index (χ4n) is 0.601. The fraction of sp³-hybridized carbons (Fsp3) is 0.143. The average molecular weight is 135 g/mol. The van der Waals surface area contributed by atoms with Crippen LogP contribution in [0.4, 0.5) is 5.82 Å². The first-order valence-corrected chi connectivity index (χ1v) is 3.01. The maximum absolute atomic E-state index is 5.33. The van der Waals surface area contributed by atoms with Crippen LogP contribution in [0.25, 0.3) is 0 Å². The van der Waals surface area contributed by atoms with Crippen molar-refractivity contribution in [2.24, 2.45) is 10.7 Å². The molecule has 3 heteroatoms. The van der Waals surface area contributed by atoms with Crippen molar-refractivity contribution >= 4 is 11.7 Å². The monoisotopic (exact) mass is 135 g/mol. The van der Waals surface area contributed by atoms with Crippen LogP contribution >= 0.6 is 0 Å². The molecule has 0 amide bonds. The molecular formula is C7H9N3. The number of aliphatic imine (C=N–C) groups is 1. The summed E-state index contributed by atoms with van der Waals surface area (Å²) in [5.74, 6) is 1.18. The molecule has 0 aliphatic heterocycles. The molecule has 10 heavy (non-hydrogen) atoms. The van der Waals surface area contributed by atoms with E-state index in [-0.39, 0.29) is 0 Å². The van der Waals surface area contributed by atoms with E-state index in [1.54, 1.807) is 19.2 Å². The zero-order chi connectivity index (χ0) is 7.40. The Morgan fingerprint density at radius 1 is 1.60 bits per heavy atom. The molecule has 0 radical (unpaired) electrons. The Morgan fingerprint density at radius 2 is 2.40 bits per heavy atom. The summed E-state index contributed by atoms with van der Waals surface area (Å²) >= 11 is 0. The summed E-state index contributed by atoms with van der Waals surface area (Å²) in [5, 5.41) is 0. The van der Waals surface area contributed by atoms with E-state index >= 15 is 0 Å². The van der Waals surface area contributed by atoms with Gasteiger partial charge in [0.2, 0.25) is 0 Å². The molecule has 3 nitrogen and oxygen atoms in total. The minimum Gasteiger partial charge on any atom is -0.387 e. The van der Waals surface area contributed by atoms with Gasteiger partial charge in [0, 0.05) is 6.20 Å². The van der Waals surface area contributed by atoms with Crippen LogP contribution in [-0.4, -0.2) is 10.8 Å². The lowest BCUT2D eigenvalue weighted by molar-refractivity contribution is 1.26. The SMILES string of the molecule is C/C(N)=N/c1ccccn1. The highest BCUT2D eigenvalue weighted by molar-refractivity contribution is 5.79. The van der Waals surface area contributed by atoms with Gasteiger partial charge in [-0.15, -0.1) is 0 Å². The summed E-state index contributed by atoms with van der Waals surface area (Å²) in [7, 11) is 0. The molecule has 0 saturated carbocycles. The highest BCUT2D eigenvalue weighted by Gasteiger charge is 1.85. The third-order valence-corrected chi connectivity index (χ3v) is 0.940. The zero-order valence-electron chi connectivity index (χ0n) is 5.78. The van der Waals surface area contributed by atoms with Gasteiger partial charge in [0.15, 0.2) is 5.82 Å². The van der Waals surface area contributed by atoms with Crippen LogP contribution in [-0.2, 0) is 0 Å². The van der Waals surface area contributed by atoms with Gasteiger partial charge in [-0.25, -0.2) is 9.98 Å². The first-order valence-electron chi connectivity index (χ1n) is 3.01. The molecule has 0 aromatic carbocycles. The topological polar surface area (TPSA) is 51.3 Å². The summed E-state index contributed by atoms with van der Waals surface area (Å²) < 4.78 is 0. The summed E-state index contributed by atoms with van der Waals surface area (Å²) in [4.78, 5) is 7.89. The highest BCUT2D eigenvalue weighted by atomic mass is 14.9. The number of nitrogens with two attached hydrogens (primary N) is 1. The summed E-state index contributed by atoms with van der Waals surface area (Å²) in [6.45, 7) is 1.73. The molecule has 1 aromatic rings. The van der Waals surface area contributed by atoms with Crippen molar-refractivity contribution in [3.8, 4) is 0 Å². The van der Waals surface area contributed by atoms with Crippen molar-refractivity contribution in [2.45, 2.75) is 6.92 Å². The van der Waals surface area contributed by atoms with E-state index in [4.69, 9.17) is 5.73 Å². The average Bonchev–Trinajstić information content (AvgIpc) is 1.88. The van der Waals surface area contributed by atoms with E-state index < -0.39 is 0 Å². The highest BCUT2D eigenvalue weighted by Crippen LogP contribution is 2.03. The molecule has 0 aliphatic carbocycles. The van der Waals surface area contributed by atoms with Gasteiger partial charge in [0.05, 0.1) is 5.84 Å². The Bertz CT molecular complexity index is 224. The number of nitrogens with zero attached hydrogens (tertiary/aromatic N) is 2. The minimum atomic E-state index is 0.527. The molecule has 52 valence electrons. The van der Waals surface area contributed by atoms with E-state index in [1.807, 2.05) is 12.1 Å². The van der Waals surface area contributed by atoms with E-state index in [2.05, 4.69) is 9.98 Å². The lowest BCUT2D eigenvalue weighted by Crippen LogP contribution is -2.03. The molecule has 1 rings (SSSR count). The predicted molar refractivity (Wildman–Crippen MR) is 41.2 cm³/mol. The number of rotatable bonds is 1. The molecule has 1 heterocycles. The van der Waals surface area contributed by atoms with Gasteiger partial charge in [-0.1, -0.05) is 6.07 Å². The lowest BCUT2D eigenvalue weighted by atomic mass is 10.5. The first kappa shape index (κ1) is 6.74. The zero-order valence-corrected chi connectivity index (χ0v) is 5.78. The number of aromatic nitrogens is 1. The fourth-order valence-corrected chi connectivity index (χ4v) is 0.601. The molecule has 0 saturated heterocycles. The number of amidine groups is 1. The minimum absolute atomic E-state index is 0.527. The van der Waals surface area contributed by atoms with Crippen molar-refractivity contribution in [1.82, 2.24) is 4.98 Å². The summed E-state index contributed by atoms with van der Waals surface area (Å²) in [6.07, 6.45) is 1.68. The van der Waals surface area contributed by atoms with Gasteiger partial charge in [-0.05, 0) is 19.1 Å². The van der Waals surface area contributed by atoms with Crippen molar-refractivity contribution in [1.29, 1.82) is 0 Å². The second kappa shape index (κ2) is 2.96. The summed E-state index contributed by atoms with van der Waals surface area (Å²) in [6, 6.07) is 5.51. The van der Waals surface area contributed by atoms with Crippen LogP contribution < -0.4 is 5.73 Å². The van der Waals surface area contributed by atoms with Crippen molar-refractivity contribution in [3.05, 3.63) is 24.4 Å². The molecule has 1 aromatic heterocycles. The molecule has 0 unspecified atom stereocenters. The van der Waals surface area contributed by atoms with E-state index in [1.165, 1.54) is 0 Å². The number of hydrogen-bond acceptors (Lipinski definition) is 2. The maximum Gasteiger partial charge on any atom is 0.153 e. The number of pyridine rings is 1. The van der Waals surface area contributed by atoms with E-state index in [9.17, 15) is 0 Å². The normalized spacial score (nSPS) is 11.5. The smallest absolute Gasteiger partial charge is 0.153 e. The van der Waals surface area contributed by atoms with Gasteiger partial charge < -0.3 is 5.73 Å². The molecular weight excluding hydrogens is 126 g/mol. The van der Waals surface area contributed by atoms with Crippen LogP contribution in [0, 0.1) is 0 Å². The second-order valence-electron chi connectivity index (χ2n) is 1.94. The largest absolute Gasteiger partial charge is 0.387 e. The van der Waals surface area contributed by atoms with Crippen LogP contribution in [0.1, 0.15) is 6.92 Å². The first-order chi connectivity index (χ1) is 4.79. The quantitative estimate of drug-likeness (QED) is 0.463. The molecule has 2 N–H and O–H groups in total. The third-order valence-electron chi connectivity index (χ3n) is 0.940. The third kappa shape index (κ3) is 1.85. The standard InChI is InChI=1S/C7H9N3/c1-6(8)10-7-4-2-3-5-9-7/h2-5H,1H3,(H2,8,9,10). The Kier molecular flexibility index (Phi) is 1.99. The number of hydrogen-bond donors (Lipinski definition) is 1. The van der Waals surface area contributed by atoms with E-state index in [0.717, 1.165) is 0 Å². The molecule has 0 aliphatic rings. The van der Waals surface area contributed by atoms with Gasteiger partial charge in [0.25, 0.3) is 0 Å². The van der Waals surface area contributed by atoms with Crippen LogP contribution in [0.3, 0.4) is 0 Å². The van der Waals surface area contributed by atoms with Crippen molar-refractivity contribution < 1.29 is 0 Å². The predicted octanol–water partition coefficient (Wildman–Crippen LogP) is 1.09. The molecule has 0 fully saturated rings. The Morgan fingerprint density at radius 3 is 2.90 bits per heavy atom. The van der Waals surface area contributed by atoms with Crippen LogP contribution in [0.5, 0.6) is 0 Å².